The monoisotopic (exact) mass is 572 g/mol. The molecule has 0 unspecified atom stereocenters. The second-order valence-corrected chi connectivity index (χ2v) is 11.5. The molecule has 0 bridgehead atoms. The van der Waals surface area contributed by atoms with Gasteiger partial charge in [0.1, 0.15) is 5.60 Å². The van der Waals surface area contributed by atoms with Gasteiger partial charge in [-0.1, -0.05) is 36.4 Å². The van der Waals surface area contributed by atoms with Gasteiger partial charge in [0.25, 0.3) is 11.8 Å². The fourth-order valence-corrected chi connectivity index (χ4v) is 4.84. The van der Waals surface area contributed by atoms with Crippen LogP contribution in [-0.2, 0) is 4.74 Å². The van der Waals surface area contributed by atoms with Gasteiger partial charge < -0.3 is 26.4 Å². The van der Waals surface area contributed by atoms with Crippen LogP contribution in [0.15, 0.2) is 60.7 Å². The second-order valence-electron chi connectivity index (χ2n) is 11.5. The zero-order chi connectivity index (χ0) is 28.3. The number of alkyl carbamates (subject to hydrolysis) is 1. The third-order valence-electron chi connectivity index (χ3n) is 6.96. The van der Waals surface area contributed by atoms with Crippen molar-refractivity contribution in [1.29, 1.82) is 0 Å². The summed E-state index contributed by atoms with van der Waals surface area (Å²) in [5.41, 5.74) is 6.76. The molecule has 2 aliphatic rings. The number of benzene rings is 2. The van der Waals surface area contributed by atoms with Gasteiger partial charge in [0.05, 0.1) is 0 Å². The van der Waals surface area contributed by atoms with E-state index in [1.54, 1.807) is 0 Å². The van der Waals surface area contributed by atoms with Crippen LogP contribution in [0, 0.1) is 0 Å². The first-order chi connectivity index (χ1) is 18.6. The fourth-order valence-electron chi connectivity index (χ4n) is 4.84. The topological polar surface area (TPSA) is 123 Å². The molecule has 2 saturated carbocycles. The first-order valence-corrected chi connectivity index (χ1v) is 14.1. The van der Waals surface area contributed by atoms with Crippen molar-refractivity contribution in [3.8, 4) is 0 Å². The molecule has 0 heterocycles. The zero-order valence-corrected chi connectivity index (χ0v) is 24.7. The van der Waals surface area contributed by atoms with E-state index in [1.165, 1.54) is 0 Å². The molecule has 5 N–H and O–H groups in total. The smallest absolute Gasteiger partial charge is 0.407 e. The molecule has 40 heavy (non-hydrogen) atoms. The maximum absolute atomic E-state index is 12.1. The van der Waals surface area contributed by atoms with Crippen LogP contribution in [-0.4, -0.2) is 47.7 Å². The summed E-state index contributed by atoms with van der Waals surface area (Å²) in [6.45, 7) is 5.55. The van der Waals surface area contributed by atoms with E-state index in [-0.39, 0.29) is 42.4 Å². The Labute approximate surface area is 244 Å². The van der Waals surface area contributed by atoms with Gasteiger partial charge in [-0.15, -0.1) is 12.4 Å². The van der Waals surface area contributed by atoms with E-state index >= 15 is 0 Å². The molecule has 0 atom stereocenters. The highest BCUT2D eigenvalue weighted by Crippen LogP contribution is 2.20. The molecule has 8 nitrogen and oxygen atoms in total. The molecule has 2 aromatic rings. The number of nitrogens with one attached hydrogen (secondary N) is 3. The Morgan fingerprint density at radius 3 is 1.38 bits per heavy atom. The number of hydrogen-bond donors (Lipinski definition) is 4. The number of halogens is 1. The SMILES string of the molecule is CC(C)(C)OC(=O)NC1CCC(NC(=O)c2ccccc2)CC1.Cl.NC1CCC(NC(=O)c2ccccc2)CC1. The van der Waals surface area contributed by atoms with Crippen LogP contribution in [0.4, 0.5) is 4.79 Å². The van der Waals surface area contributed by atoms with E-state index in [1.807, 2.05) is 81.4 Å². The van der Waals surface area contributed by atoms with Gasteiger partial charge in [0.2, 0.25) is 0 Å². The average Bonchev–Trinajstić information content (AvgIpc) is 2.91. The lowest BCUT2D eigenvalue weighted by Gasteiger charge is -2.30. The zero-order valence-electron chi connectivity index (χ0n) is 23.9. The van der Waals surface area contributed by atoms with E-state index in [2.05, 4.69) is 16.0 Å². The number of carbonyl (C=O) groups is 3. The minimum Gasteiger partial charge on any atom is -0.444 e. The van der Waals surface area contributed by atoms with Crippen molar-refractivity contribution in [2.75, 3.05) is 0 Å². The quantitative estimate of drug-likeness (QED) is 0.384. The Bertz CT molecular complexity index is 1050. The van der Waals surface area contributed by atoms with Gasteiger partial charge in [-0.05, 0) is 96.4 Å². The summed E-state index contributed by atoms with van der Waals surface area (Å²) in [6.07, 6.45) is 7.07. The van der Waals surface area contributed by atoms with Crippen molar-refractivity contribution in [3.05, 3.63) is 71.8 Å². The van der Waals surface area contributed by atoms with E-state index < -0.39 is 5.60 Å². The van der Waals surface area contributed by atoms with E-state index in [0.29, 0.717) is 17.6 Å². The molecule has 0 spiro atoms. The third kappa shape index (κ3) is 12.0. The summed E-state index contributed by atoms with van der Waals surface area (Å²) in [4.78, 5) is 35.7. The fraction of sp³-hybridized carbons (Fsp3) is 0.516. The number of nitrogens with two attached hydrogens (primary N) is 1. The first-order valence-electron chi connectivity index (χ1n) is 14.1. The molecule has 3 amide bonds. The highest BCUT2D eigenvalue weighted by molar-refractivity contribution is 5.94. The first kappa shape index (κ1) is 33.1. The van der Waals surface area contributed by atoms with E-state index in [0.717, 1.165) is 56.9 Å². The molecule has 4 rings (SSSR count). The molecule has 2 fully saturated rings. The van der Waals surface area contributed by atoms with Gasteiger partial charge >= 0.3 is 6.09 Å². The number of carbonyl (C=O) groups excluding carboxylic acids is 3. The molecule has 0 saturated heterocycles. The third-order valence-corrected chi connectivity index (χ3v) is 6.96. The van der Waals surface area contributed by atoms with Gasteiger partial charge in [-0.3, -0.25) is 9.59 Å². The van der Waals surface area contributed by atoms with Gasteiger partial charge in [0.15, 0.2) is 0 Å². The maximum atomic E-state index is 12.1. The number of hydrogen-bond acceptors (Lipinski definition) is 5. The molecule has 220 valence electrons. The number of ether oxygens (including phenoxy) is 1. The van der Waals surface area contributed by atoms with Gasteiger partial charge in [-0.2, -0.15) is 0 Å². The van der Waals surface area contributed by atoms with Crippen LogP contribution in [0.2, 0.25) is 0 Å². The van der Waals surface area contributed by atoms with Crippen LogP contribution < -0.4 is 21.7 Å². The maximum Gasteiger partial charge on any atom is 0.407 e. The van der Waals surface area contributed by atoms with Crippen LogP contribution in [0.1, 0.15) is 92.9 Å². The Morgan fingerprint density at radius 1 is 0.650 bits per heavy atom. The minimum atomic E-state index is -0.481. The van der Waals surface area contributed by atoms with Crippen molar-refractivity contribution >= 4 is 30.3 Å². The summed E-state index contributed by atoms with van der Waals surface area (Å²) >= 11 is 0. The van der Waals surface area contributed by atoms with Gasteiger partial charge in [-0.25, -0.2) is 4.79 Å². The minimum absolute atomic E-state index is 0. The second kappa shape index (κ2) is 16.2. The lowest BCUT2D eigenvalue weighted by Crippen LogP contribution is -2.45. The Kier molecular flexibility index (Phi) is 13.4. The molecule has 2 aromatic carbocycles. The standard InChI is InChI=1S/C18H26N2O3.C13H18N2O.ClH/c1-18(2,3)23-17(22)20-15-11-9-14(10-12-15)19-16(21)13-7-5-4-6-8-13;14-11-6-8-12(9-7-11)15-13(16)10-4-2-1-3-5-10;/h4-8,14-15H,9-12H2,1-3H3,(H,19,21)(H,20,22);1-5,11-12H,6-9,14H2,(H,15,16);1H. The summed E-state index contributed by atoms with van der Waals surface area (Å²) in [7, 11) is 0. The van der Waals surface area contributed by atoms with Crippen LogP contribution in [0.5, 0.6) is 0 Å². The highest BCUT2D eigenvalue weighted by Gasteiger charge is 2.26. The van der Waals surface area contributed by atoms with Crippen LogP contribution in [0.25, 0.3) is 0 Å². The summed E-state index contributed by atoms with van der Waals surface area (Å²) in [6, 6.07) is 19.5. The molecule has 0 aromatic heterocycles. The van der Waals surface area contributed by atoms with Crippen molar-refractivity contribution in [2.24, 2.45) is 5.73 Å². The van der Waals surface area contributed by atoms with Crippen molar-refractivity contribution < 1.29 is 19.1 Å². The predicted octanol–water partition coefficient (Wildman–Crippen LogP) is 5.36. The van der Waals surface area contributed by atoms with Crippen molar-refractivity contribution in [3.63, 3.8) is 0 Å². The summed E-state index contributed by atoms with van der Waals surface area (Å²) in [5, 5.41) is 9.03. The molecular weight excluding hydrogens is 528 g/mol. The molecule has 2 aliphatic carbocycles. The molecular formula is C31H45ClN4O4. The average molecular weight is 573 g/mol. The molecule has 0 radical (unpaired) electrons. The van der Waals surface area contributed by atoms with E-state index in [4.69, 9.17) is 10.5 Å². The summed E-state index contributed by atoms with van der Waals surface area (Å²) < 4.78 is 5.27. The number of amides is 3. The lowest BCUT2D eigenvalue weighted by atomic mass is 9.91. The normalized spacial score (nSPS) is 22.3. The Hall–Kier alpha value is -3.10. The van der Waals surface area contributed by atoms with E-state index in [9.17, 15) is 14.4 Å². The van der Waals surface area contributed by atoms with Gasteiger partial charge in [0, 0.05) is 35.3 Å². The Balaban J connectivity index is 0.000000290. The van der Waals surface area contributed by atoms with Crippen molar-refractivity contribution in [1.82, 2.24) is 16.0 Å². The van der Waals surface area contributed by atoms with Crippen LogP contribution >= 0.6 is 12.4 Å². The number of rotatable bonds is 5. The molecule has 9 heteroatoms. The summed E-state index contributed by atoms with van der Waals surface area (Å²) in [5.74, 6) is -0.00442. The van der Waals surface area contributed by atoms with Crippen LogP contribution in [0.3, 0.4) is 0 Å². The largest absolute Gasteiger partial charge is 0.444 e. The molecule has 0 aliphatic heterocycles. The van der Waals surface area contributed by atoms with Crippen molar-refractivity contribution in [2.45, 2.75) is 102 Å². The lowest BCUT2D eigenvalue weighted by molar-refractivity contribution is 0.0487. The highest BCUT2D eigenvalue weighted by atomic mass is 35.5. The Morgan fingerprint density at radius 2 is 1.00 bits per heavy atom. The predicted molar refractivity (Wildman–Crippen MR) is 161 cm³/mol.